The van der Waals surface area contributed by atoms with E-state index in [0.717, 1.165) is 18.2 Å². The molecule has 120 valence electrons. The van der Waals surface area contributed by atoms with Crippen LogP contribution in [0.4, 0.5) is 4.39 Å². The zero-order valence-electron chi connectivity index (χ0n) is 12.0. The van der Waals surface area contributed by atoms with E-state index >= 15 is 0 Å². The van der Waals surface area contributed by atoms with Crippen molar-refractivity contribution in [2.24, 2.45) is 0 Å². The van der Waals surface area contributed by atoms with E-state index in [1.165, 1.54) is 6.26 Å². The summed E-state index contributed by atoms with van der Waals surface area (Å²) in [5.74, 6) is -0.118. The molecule has 0 saturated carbocycles. The van der Waals surface area contributed by atoms with Gasteiger partial charge >= 0.3 is 0 Å². The molecule has 22 heavy (non-hydrogen) atoms. The van der Waals surface area contributed by atoms with Gasteiger partial charge in [-0.25, -0.2) is 22.5 Å². The van der Waals surface area contributed by atoms with Crippen molar-refractivity contribution in [1.29, 1.82) is 0 Å². The molecule has 0 saturated heterocycles. The third-order valence-corrected chi connectivity index (χ3v) is 4.56. The molecule has 1 aromatic carbocycles. The van der Waals surface area contributed by atoms with E-state index in [1.54, 1.807) is 0 Å². The van der Waals surface area contributed by atoms with Crippen molar-refractivity contribution in [3.8, 4) is 0 Å². The molecular formula is C13H15ClFN3O3S. The van der Waals surface area contributed by atoms with Crippen LogP contribution < -0.4 is 4.72 Å². The summed E-state index contributed by atoms with van der Waals surface area (Å²) >= 11 is 5.76. The SMILES string of the molecule is CN(C)Cc1nc(CNS(=O)(=O)c2ccc(F)cc2Cl)co1. The van der Waals surface area contributed by atoms with Gasteiger partial charge in [-0.3, -0.25) is 0 Å². The molecule has 0 fully saturated rings. The Labute approximate surface area is 133 Å². The van der Waals surface area contributed by atoms with Gasteiger partial charge in [0, 0.05) is 0 Å². The lowest BCUT2D eigenvalue weighted by atomic mass is 10.3. The molecule has 0 atom stereocenters. The van der Waals surface area contributed by atoms with Gasteiger partial charge in [0.1, 0.15) is 17.0 Å². The van der Waals surface area contributed by atoms with Gasteiger partial charge in [0.25, 0.3) is 0 Å². The maximum atomic E-state index is 13.0. The number of aromatic nitrogens is 1. The van der Waals surface area contributed by atoms with E-state index in [0.29, 0.717) is 18.1 Å². The first-order valence-electron chi connectivity index (χ1n) is 6.30. The second-order valence-corrected chi connectivity index (χ2v) is 7.01. The molecule has 6 nitrogen and oxygen atoms in total. The molecule has 0 bridgehead atoms. The summed E-state index contributed by atoms with van der Waals surface area (Å²) in [6.45, 7) is 0.462. The molecule has 1 N–H and O–H groups in total. The van der Waals surface area contributed by atoms with Crippen LogP contribution in [-0.4, -0.2) is 32.4 Å². The first-order valence-corrected chi connectivity index (χ1v) is 8.17. The Hall–Kier alpha value is -1.48. The van der Waals surface area contributed by atoms with Gasteiger partial charge in [-0.05, 0) is 32.3 Å². The second-order valence-electron chi connectivity index (χ2n) is 4.87. The fourth-order valence-electron chi connectivity index (χ4n) is 1.71. The molecule has 0 spiro atoms. The molecule has 0 aliphatic carbocycles. The fourth-order valence-corrected chi connectivity index (χ4v) is 3.24. The molecule has 0 aliphatic rings. The van der Waals surface area contributed by atoms with Gasteiger partial charge in [-0.2, -0.15) is 0 Å². The smallest absolute Gasteiger partial charge is 0.242 e. The van der Waals surface area contributed by atoms with E-state index in [1.807, 2.05) is 19.0 Å². The quantitative estimate of drug-likeness (QED) is 0.865. The van der Waals surface area contributed by atoms with Gasteiger partial charge < -0.3 is 9.32 Å². The van der Waals surface area contributed by atoms with Crippen LogP contribution in [-0.2, 0) is 23.1 Å². The first-order chi connectivity index (χ1) is 10.3. The van der Waals surface area contributed by atoms with Crippen LogP contribution in [0.2, 0.25) is 5.02 Å². The molecule has 2 rings (SSSR count). The number of halogens is 2. The molecule has 9 heteroatoms. The lowest BCUT2D eigenvalue weighted by Crippen LogP contribution is -2.23. The van der Waals surface area contributed by atoms with Crippen molar-refractivity contribution in [3.63, 3.8) is 0 Å². The van der Waals surface area contributed by atoms with Crippen molar-refractivity contribution in [1.82, 2.24) is 14.6 Å². The van der Waals surface area contributed by atoms with Crippen molar-refractivity contribution in [3.05, 3.63) is 46.9 Å². The van der Waals surface area contributed by atoms with Gasteiger partial charge in [0.15, 0.2) is 0 Å². The number of hydrogen-bond donors (Lipinski definition) is 1. The molecule has 0 amide bonds. The van der Waals surface area contributed by atoms with Crippen LogP contribution in [0.15, 0.2) is 33.8 Å². The summed E-state index contributed by atoms with van der Waals surface area (Å²) in [7, 11) is -0.132. The van der Waals surface area contributed by atoms with Crippen molar-refractivity contribution >= 4 is 21.6 Å². The maximum Gasteiger partial charge on any atom is 0.242 e. The van der Waals surface area contributed by atoms with E-state index in [-0.39, 0.29) is 16.5 Å². The third-order valence-electron chi connectivity index (χ3n) is 2.68. The first kappa shape index (κ1) is 16.9. The van der Waals surface area contributed by atoms with Crippen LogP contribution in [0, 0.1) is 5.82 Å². The summed E-state index contributed by atoms with van der Waals surface area (Å²) in [4.78, 5) is 5.84. The van der Waals surface area contributed by atoms with Crippen LogP contribution in [0.1, 0.15) is 11.6 Å². The van der Waals surface area contributed by atoms with Crippen LogP contribution in [0.3, 0.4) is 0 Å². The monoisotopic (exact) mass is 347 g/mol. The Morgan fingerprint density at radius 1 is 1.41 bits per heavy atom. The van der Waals surface area contributed by atoms with Crippen molar-refractivity contribution in [2.75, 3.05) is 14.1 Å². The normalized spacial score (nSPS) is 12.0. The Balaban J connectivity index is 2.08. The topological polar surface area (TPSA) is 75.4 Å². The van der Waals surface area contributed by atoms with Gasteiger partial charge in [-0.1, -0.05) is 11.6 Å². The summed E-state index contributed by atoms with van der Waals surface area (Å²) in [6.07, 6.45) is 1.38. The minimum Gasteiger partial charge on any atom is -0.447 e. The highest BCUT2D eigenvalue weighted by Gasteiger charge is 2.19. The zero-order valence-corrected chi connectivity index (χ0v) is 13.6. The summed E-state index contributed by atoms with van der Waals surface area (Å²) in [5, 5.41) is -0.180. The zero-order chi connectivity index (χ0) is 16.3. The predicted molar refractivity (Wildman–Crippen MR) is 79.3 cm³/mol. The van der Waals surface area contributed by atoms with Crippen LogP contribution >= 0.6 is 11.6 Å². The number of nitrogens with one attached hydrogen (secondary N) is 1. The third kappa shape index (κ3) is 4.26. The summed E-state index contributed by atoms with van der Waals surface area (Å²) in [6, 6.07) is 3.09. The average Bonchev–Trinajstić information content (AvgIpc) is 2.83. The maximum absolute atomic E-state index is 13.0. The predicted octanol–water partition coefficient (Wildman–Crippen LogP) is 2.01. The highest BCUT2D eigenvalue weighted by atomic mass is 35.5. The highest BCUT2D eigenvalue weighted by Crippen LogP contribution is 2.22. The number of hydrogen-bond acceptors (Lipinski definition) is 5. The Morgan fingerprint density at radius 2 is 2.14 bits per heavy atom. The van der Waals surface area contributed by atoms with E-state index in [9.17, 15) is 12.8 Å². The standard InChI is InChI=1S/C13H15ClFN3O3S/c1-18(2)7-13-17-10(8-21-13)6-16-22(19,20)12-4-3-9(15)5-11(12)14/h3-5,8,16H,6-7H2,1-2H3. The lowest BCUT2D eigenvalue weighted by molar-refractivity contribution is 0.341. The fraction of sp³-hybridized carbons (Fsp3) is 0.308. The van der Waals surface area contributed by atoms with Gasteiger partial charge in [0.2, 0.25) is 15.9 Å². The molecule has 1 heterocycles. The van der Waals surface area contributed by atoms with Crippen LogP contribution in [0.25, 0.3) is 0 Å². The number of benzene rings is 1. The lowest BCUT2D eigenvalue weighted by Gasteiger charge is -2.07. The van der Waals surface area contributed by atoms with E-state index in [2.05, 4.69) is 9.71 Å². The minimum absolute atomic E-state index is 0.0486. The minimum atomic E-state index is -3.86. The second kappa shape index (κ2) is 6.74. The number of oxazole rings is 1. The molecule has 0 radical (unpaired) electrons. The summed E-state index contributed by atoms with van der Waals surface area (Å²) < 4.78 is 44.8. The molecule has 0 unspecified atom stereocenters. The Kier molecular flexibility index (Phi) is 5.17. The number of rotatable bonds is 6. The Bertz CT molecular complexity index is 762. The van der Waals surface area contributed by atoms with E-state index in [4.69, 9.17) is 16.0 Å². The number of sulfonamides is 1. The molecular weight excluding hydrogens is 333 g/mol. The van der Waals surface area contributed by atoms with Gasteiger partial charge in [-0.15, -0.1) is 0 Å². The van der Waals surface area contributed by atoms with E-state index < -0.39 is 15.8 Å². The molecule has 0 aliphatic heterocycles. The number of nitrogens with zero attached hydrogens (tertiary/aromatic N) is 2. The summed E-state index contributed by atoms with van der Waals surface area (Å²) in [5.41, 5.74) is 0.443. The highest BCUT2D eigenvalue weighted by molar-refractivity contribution is 7.89. The Morgan fingerprint density at radius 3 is 2.77 bits per heavy atom. The van der Waals surface area contributed by atoms with Crippen molar-refractivity contribution < 1.29 is 17.2 Å². The van der Waals surface area contributed by atoms with Gasteiger partial charge in [0.05, 0.1) is 23.8 Å². The molecule has 1 aromatic heterocycles. The largest absolute Gasteiger partial charge is 0.447 e. The average molecular weight is 348 g/mol. The van der Waals surface area contributed by atoms with Crippen LogP contribution in [0.5, 0.6) is 0 Å². The van der Waals surface area contributed by atoms with Crippen molar-refractivity contribution in [2.45, 2.75) is 18.0 Å². The molecule has 2 aromatic rings.